The Kier molecular flexibility index (Phi) is 3.67. The lowest BCUT2D eigenvalue weighted by Crippen LogP contribution is -2.06. The van der Waals surface area contributed by atoms with Crippen molar-refractivity contribution in [2.45, 2.75) is 6.42 Å². The van der Waals surface area contributed by atoms with Crippen molar-refractivity contribution in [2.24, 2.45) is 0 Å². The summed E-state index contributed by atoms with van der Waals surface area (Å²) >= 11 is 5.72. The van der Waals surface area contributed by atoms with Crippen molar-refractivity contribution in [3.8, 4) is 0 Å². The van der Waals surface area contributed by atoms with Gasteiger partial charge in [-0.3, -0.25) is 9.78 Å². The van der Waals surface area contributed by atoms with Crippen LogP contribution >= 0.6 is 11.6 Å². The van der Waals surface area contributed by atoms with Crippen LogP contribution in [0.2, 0.25) is 5.02 Å². The second kappa shape index (κ2) is 5.23. The van der Waals surface area contributed by atoms with Crippen LogP contribution in [0.5, 0.6) is 0 Å². The summed E-state index contributed by atoms with van der Waals surface area (Å²) in [5, 5.41) is 0.344. The van der Waals surface area contributed by atoms with Gasteiger partial charge in [-0.25, -0.2) is 8.78 Å². The van der Waals surface area contributed by atoms with Gasteiger partial charge in [0.05, 0.1) is 6.20 Å². The predicted octanol–water partition coefficient (Wildman–Crippen LogP) is 3.44. The van der Waals surface area contributed by atoms with E-state index in [9.17, 15) is 13.6 Å². The molecule has 2 nitrogen and oxygen atoms in total. The second-order valence-electron chi connectivity index (χ2n) is 3.73. The quantitative estimate of drug-likeness (QED) is 0.798. The molecule has 5 heteroatoms. The van der Waals surface area contributed by atoms with E-state index >= 15 is 0 Å². The molecule has 0 aliphatic rings. The van der Waals surface area contributed by atoms with Crippen molar-refractivity contribution in [3.05, 3.63) is 64.4 Å². The van der Waals surface area contributed by atoms with Crippen LogP contribution in [0.3, 0.4) is 0 Å². The lowest BCUT2D eigenvalue weighted by atomic mass is 10.0. The van der Waals surface area contributed by atoms with Gasteiger partial charge < -0.3 is 0 Å². The van der Waals surface area contributed by atoms with E-state index in [0.29, 0.717) is 5.02 Å². The van der Waals surface area contributed by atoms with Gasteiger partial charge in [0.15, 0.2) is 5.78 Å². The molecule has 1 aromatic carbocycles. The first-order valence-corrected chi connectivity index (χ1v) is 5.52. The maximum Gasteiger partial charge on any atom is 0.168 e. The molecule has 0 saturated heterocycles. The third kappa shape index (κ3) is 2.90. The third-order valence-electron chi connectivity index (χ3n) is 2.39. The number of aromatic nitrogens is 1. The Balaban J connectivity index is 2.24. The Morgan fingerprint density at radius 3 is 2.72 bits per heavy atom. The van der Waals surface area contributed by atoms with E-state index in [4.69, 9.17) is 11.6 Å². The lowest BCUT2D eigenvalue weighted by Gasteiger charge is -2.03. The monoisotopic (exact) mass is 267 g/mol. The molecule has 0 aliphatic carbocycles. The predicted molar refractivity (Wildman–Crippen MR) is 63.6 cm³/mol. The minimum atomic E-state index is -0.604. The molecule has 18 heavy (non-hydrogen) atoms. The molecule has 0 unspecified atom stereocenters. The van der Waals surface area contributed by atoms with Gasteiger partial charge in [0.2, 0.25) is 0 Å². The fourth-order valence-electron chi connectivity index (χ4n) is 1.52. The Hall–Kier alpha value is -1.81. The molecule has 92 valence electrons. The molecular weight excluding hydrogens is 260 g/mol. The van der Waals surface area contributed by atoms with Gasteiger partial charge in [0.1, 0.15) is 11.6 Å². The molecule has 1 heterocycles. The number of hydrogen-bond donors (Lipinski definition) is 0. The summed E-state index contributed by atoms with van der Waals surface area (Å²) in [6.07, 6.45) is 2.06. The van der Waals surface area contributed by atoms with Gasteiger partial charge in [-0.2, -0.15) is 0 Å². The second-order valence-corrected chi connectivity index (χ2v) is 4.16. The maximum absolute atomic E-state index is 13.4. The van der Waals surface area contributed by atoms with Gasteiger partial charge in [0.25, 0.3) is 0 Å². The number of pyridine rings is 1. The normalized spacial score (nSPS) is 10.4. The lowest BCUT2D eigenvalue weighted by molar-refractivity contribution is 0.0991. The zero-order valence-electron chi connectivity index (χ0n) is 9.16. The summed E-state index contributed by atoms with van der Waals surface area (Å²) in [5.41, 5.74) is 0.283. The number of carbonyl (C=O) groups excluding carboxylic acids is 1. The van der Waals surface area contributed by atoms with Crippen LogP contribution < -0.4 is 0 Å². The number of ketones is 1. The molecule has 2 rings (SSSR count). The van der Waals surface area contributed by atoms with Crippen molar-refractivity contribution >= 4 is 17.4 Å². The molecule has 0 fully saturated rings. The number of benzene rings is 1. The Morgan fingerprint density at radius 1 is 1.22 bits per heavy atom. The fourth-order valence-corrected chi connectivity index (χ4v) is 1.71. The SMILES string of the molecule is O=C(Cc1cc(Cl)ccc1F)c1cncc(F)c1. The van der Waals surface area contributed by atoms with Crippen molar-refractivity contribution in [1.29, 1.82) is 0 Å². The summed E-state index contributed by atoms with van der Waals surface area (Å²) < 4.78 is 26.3. The topological polar surface area (TPSA) is 30.0 Å². The molecule has 0 saturated carbocycles. The van der Waals surface area contributed by atoms with E-state index in [0.717, 1.165) is 12.3 Å². The summed E-state index contributed by atoms with van der Waals surface area (Å²) in [4.78, 5) is 15.4. The van der Waals surface area contributed by atoms with Crippen LogP contribution in [0.4, 0.5) is 8.78 Å². The van der Waals surface area contributed by atoms with Crippen LogP contribution in [-0.4, -0.2) is 10.8 Å². The fraction of sp³-hybridized carbons (Fsp3) is 0.0769. The first-order chi connectivity index (χ1) is 8.56. The molecule has 0 bridgehead atoms. The summed E-state index contributed by atoms with van der Waals surface area (Å²) in [7, 11) is 0. The first-order valence-electron chi connectivity index (χ1n) is 5.14. The molecule has 0 radical (unpaired) electrons. The Morgan fingerprint density at radius 2 is 2.00 bits per heavy atom. The van der Waals surface area contributed by atoms with E-state index < -0.39 is 17.4 Å². The molecule has 0 N–H and O–H groups in total. The van der Waals surface area contributed by atoms with Gasteiger partial charge in [-0.1, -0.05) is 11.6 Å². The van der Waals surface area contributed by atoms with Crippen molar-refractivity contribution in [1.82, 2.24) is 4.98 Å². The van der Waals surface area contributed by atoms with E-state index in [1.165, 1.54) is 24.4 Å². The van der Waals surface area contributed by atoms with Crippen molar-refractivity contribution in [2.75, 3.05) is 0 Å². The van der Waals surface area contributed by atoms with Crippen molar-refractivity contribution < 1.29 is 13.6 Å². The minimum Gasteiger partial charge on any atom is -0.294 e. The number of rotatable bonds is 3. The minimum absolute atomic E-state index is 0.106. The zero-order chi connectivity index (χ0) is 13.1. The molecular formula is C13H8ClF2NO. The Bertz CT molecular complexity index is 601. The van der Waals surface area contributed by atoms with E-state index in [1.807, 2.05) is 0 Å². The van der Waals surface area contributed by atoms with Crippen LogP contribution in [0.15, 0.2) is 36.7 Å². The van der Waals surface area contributed by atoms with Gasteiger partial charge in [-0.05, 0) is 29.8 Å². The molecule has 0 atom stereocenters. The number of carbonyl (C=O) groups is 1. The average Bonchev–Trinajstić information content (AvgIpc) is 2.34. The standard InChI is InChI=1S/C13H8ClF2NO/c14-10-1-2-12(16)8(3-10)5-13(18)9-4-11(15)7-17-6-9/h1-4,6-7H,5H2. The smallest absolute Gasteiger partial charge is 0.168 e. The molecule has 0 amide bonds. The number of hydrogen-bond acceptors (Lipinski definition) is 2. The highest BCUT2D eigenvalue weighted by atomic mass is 35.5. The highest BCUT2D eigenvalue weighted by molar-refractivity contribution is 6.30. The van der Waals surface area contributed by atoms with E-state index in [-0.39, 0.29) is 17.5 Å². The van der Waals surface area contributed by atoms with Crippen molar-refractivity contribution in [3.63, 3.8) is 0 Å². The number of Topliss-reactive ketones (excluding diaryl/α,β-unsaturated/α-hetero) is 1. The van der Waals surface area contributed by atoms with Crippen LogP contribution in [0, 0.1) is 11.6 Å². The van der Waals surface area contributed by atoms with Gasteiger partial charge in [0, 0.05) is 23.2 Å². The maximum atomic E-state index is 13.4. The molecule has 2 aromatic rings. The molecule has 0 aliphatic heterocycles. The van der Waals surface area contributed by atoms with E-state index in [1.54, 1.807) is 0 Å². The summed E-state index contributed by atoms with van der Waals surface area (Å²) in [6.45, 7) is 0. The highest BCUT2D eigenvalue weighted by Gasteiger charge is 2.12. The van der Waals surface area contributed by atoms with Crippen LogP contribution in [-0.2, 0) is 6.42 Å². The van der Waals surface area contributed by atoms with Crippen LogP contribution in [0.1, 0.15) is 15.9 Å². The Labute approximate surface area is 107 Å². The van der Waals surface area contributed by atoms with Gasteiger partial charge in [-0.15, -0.1) is 0 Å². The largest absolute Gasteiger partial charge is 0.294 e. The zero-order valence-corrected chi connectivity index (χ0v) is 9.92. The third-order valence-corrected chi connectivity index (χ3v) is 2.62. The molecule has 1 aromatic heterocycles. The highest BCUT2D eigenvalue weighted by Crippen LogP contribution is 2.17. The number of halogens is 3. The molecule has 0 spiro atoms. The summed E-state index contributed by atoms with van der Waals surface area (Å²) in [6, 6.07) is 5.03. The average molecular weight is 268 g/mol. The number of nitrogens with zero attached hydrogens (tertiary/aromatic N) is 1. The van der Waals surface area contributed by atoms with Gasteiger partial charge >= 0.3 is 0 Å². The van der Waals surface area contributed by atoms with Crippen LogP contribution in [0.25, 0.3) is 0 Å². The first kappa shape index (κ1) is 12.6. The van der Waals surface area contributed by atoms with E-state index in [2.05, 4.69) is 4.98 Å². The summed E-state index contributed by atoms with van der Waals surface area (Å²) in [5.74, 6) is -1.53.